The highest BCUT2D eigenvalue weighted by Crippen LogP contribution is 2.20. The molecular weight excluding hydrogens is 220 g/mol. The standard InChI is InChI=1S/C12H20N2OS/c1-4-6-13-12(15)14-7-5-11-8-16-10(3)9(11)2/h8H,4-7H2,1-3H3,(H2,13,14,15). The van der Waals surface area contributed by atoms with Gasteiger partial charge in [0.1, 0.15) is 0 Å². The van der Waals surface area contributed by atoms with E-state index in [1.807, 2.05) is 6.92 Å². The minimum atomic E-state index is -0.0635. The molecule has 0 saturated heterocycles. The first-order valence-electron chi connectivity index (χ1n) is 5.70. The molecule has 3 nitrogen and oxygen atoms in total. The van der Waals surface area contributed by atoms with Gasteiger partial charge in [0, 0.05) is 18.0 Å². The Kier molecular flexibility index (Phi) is 5.32. The number of urea groups is 1. The number of hydrogen-bond acceptors (Lipinski definition) is 2. The fourth-order valence-corrected chi connectivity index (χ4v) is 2.34. The van der Waals surface area contributed by atoms with Crippen molar-refractivity contribution in [3.63, 3.8) is 0 Å². The van der Waals surface area contributed by atoms with Gasteiger partial charge in [0.2, 0.25) is 0 Å². The average molecular weight is 240 g/mol. The van der Waals surface area contributed by atoms with E-state index in [1.165, 1.54) is 16.0 Å². The summed E-state index contributed by atoms with van der Waals surface area (Å²) in [5, 5.41) is 7.82. The minimum Gasteiger partial charge on any atom is -0.338 e. The van der Waals surface area contributed by atoms with E-state index in [-0.39, 0.29) is 6.03 Å². The van der Waals surface area contributed by atoms with Crippen molar-refractivity contribution >= 4 is 17.4 Å². The van der Waals surface area contributed by atoms with Gasteiger partial charge >= 0.3 is 6.03 Å². The molecule has 0 fully saturated rings. The van der Waals surface area contributed by atoms with Crippen molar-refractivity contribution in [2.75, 3.05) is 13.1 Å². The van der Waals surface area contributed by atoms with E-state index in [9.17, 15) is 4.79 Å². The molecule has 2 amide bonds. The molecule has 0 radical (unpaired) electrons. The smallest absolute Gasteiger partial charge is 0.314 e. The lowest BCUT2D eigenvalue weighted by atomic mass is 10.1. The number of rotatable bonds is 5. The molecule has 0 aliphatic rings. The number of carbonyl (C=O) groups is 1. The molecule has 0 saturated carbocycles. The molecule has 0 aliphatic heterocycles. The zero-order valence-corrected chi connectivity index (χ0v) is 11.0. The summed E-state index contributed by atoms with van der Waals surface area (Å²) < 4.78 is 0. The Bertz CT molecular complexity index is 347. The van der Waals surface area contributed by atoms with E-state index < -0.39 is 0 Å². The van der Waals surface area contributed by atoms with E-state index in [4.69, 9.17) is 0 Å². The summed E-state index contributed by atoms with van der Waals surface area (Å²) in [6, 6.07) is -0.0635. The third kappa shape index (κ3) is 3.85. The summed E-state index contributed by atoms with van der Waals surface area (Å²) in [6.07, 6.45) is 1.88. The van der Waals surface area contributed by atoms with Crippen molar-refractivity contribution < 1.29 is 4.79 Å². The van der Waals surface area contributed by atoms with E-state index in [0.29, 0.717) is 6.54 Å². The van der Waals surface area contributed by atoms with Crippen LogP contribution in [0, 0.1) is 13.8 Å². The Morgan fingerprint density at radius 1 is 1.31 bits per heavy atom. The van der Waals surface area contributed by atoms with Crippen LogP contribution in [0.1, 0.15) is 29.3 Å². The number of aryl methyl sites for hydroxylation is 1. The highest BCUT2D eigenvalue weighted by atomic mass is 32.1. The Morgan fingerprint density at radius 3 is 2.56 bits per heavy atom. The molecule has 1 rings (SSSR count). The van der Waals surface area contributed by atoms with Crippen molar-refractivity contribution in [2.45, 2.75) is 33.6 Å². The van der Waals surface area contributed by atoms with Crippen LogP contribution in [0.5, 0.6) is 0 Å². The lowest BCUT2D eigenvalue weighted by molar-refractivity contribution is 0.241. The highest BCUT2D eigenvalue weighted by Gasteiger charge is 2.04. The van der Waals surface area contributed by atoms with Gasteiger partial charge in [0.05, 0.1) is 0 Å². The number of carbonyl (C=O) groups excluding carboxylic acids is 1. The molecule has 0 unspecified atom stereocenters. The van der Waals surface area contributed by atoms with E-state index in [2.05, 4.69) is 29.9 Å². The monoisotopic (exact) mass is 240 g/mol. The zero-order valence-electron chi connectivity index (χ0n) is 10.2. The third-order valence-corrected chi connectivity index (χ3v) is 3.67. The molecule has 90 valence electrons. The van der Waals surface area contributed by atoms with Crippen LogP contribution in [-0.2, 0) is 6.42 Å². The van der Waals surface area contributed by atoms with Crippen molar-refractivity contribution in [2.24, 2.45) is 0 Å². The molecule has 1 aromatic heterocycles. The normalized spacial score (nSPS) is 10.2. The van der Waals surface area contributed by atoms with Gasteiger partial charge in [-0.25, -0.2) is 4.79 Å². The number of nitrogens with one attached hydrogen (secondary N) is 2. The van der Waals surface area contributed by atoms with E-state index >= 15 is 0 Å². The molecule has 0 spiro atoms. The Morgan fingerprint density at radius 2 is 2.00 bits per heavy atom. The maximum absolute atomic E-state index is 11.3. The second-order valence-corrected chi connectivity index (χ2v) is 4.96. The van der Waals surface area contributed by atoms with Crippen molar-refractivity contribution in [3.8, 4) is 0 Å². The Hall–Kier alpha value is -1.03. The van der Waals surface area contributed by atoms with Crippen molar-refractivity contribution in [1.29, 1.82) is 0 Å². The van der Waals surface area contributed by atoms with Crippen LogP contribution in [0.3, 0.4) is 0 Å². The van der Waals surface area contributed by atoms with Crippen molar-refractivity contribution in [3.05, 3.63) is 21.4 Å². The SMILES string of the molecule is CCCNC(=O)NCCc1csc(C)c1C. The predicted molar refractivity (Wildman–Crippen MR) is 69.2 cm³/mol. The quantitative estimate of drug-likeness (QED) is 0.816. The minimum absolute atomic E-state index is 0.0635. The molecule has 1 heterocycles. The van der Waals surface area contributed by atoms with Crippen LogP contribution in [0.15, 0.2) is 5.38 Å². The van der Waals surface area contributed by atoms with E-state index in [1.54, 1.807) is 11.3 Å². The second-order valence-electron chi connectivity index (χ2n) is 3.87. The maximum atomic E-state index is 11.3. The van der Waals surface area contributed by atoms with Crippen LogP contribution in [0.4, 0.5) is 4.79 Å². The third-order valence-electron chi connectivity index (χ3n) is 2.60. The largest absolute Gasteiger partial charge is 0.338 e. The number of hydrogen-bond donors (Lipinski definition) is 2. The van der Waals surface area contributed by atoms with Crippen LogP contribution in [0.25, 0.3) is 0 Å². The molecule has 4 heteroatoms. The molecule has 16 heavy (non-hydrogen) atoms. The first kappa shape index (κ1) is 13.0. The lowest BCUT2D eigenvalue weighted by Crippen LogP contribution is -2.36. The van der Waals surface area contributed by atoms with Crippen LogP contribution in [0.2, 0.25) is 0 Å². The molecule has 0 bridgehead atoms. The van der Waals surface area contributed by atoms with Gasteiger partial charge in [0.15, 0.2) is 0 Å². The maximum Gasteiger partial charge on any atom is 0.314 e. The van der Waals surface area contributed by atoms with Gasteiger partial charge in [-0.3, -0.25) is 0 Å². The molecule has 0 atom stereocenters. The van der Waals surface area contributed by atoms with Crippen molar-refractivity contribution in [1.82, 2.24) is 10.6 Å². The molecular formula is C12H20N2OS. The fourth-order valence-electron chi connectivity index (χ4n) is 1.42. The highest BCUT2D eigenvalue weighted by molar-refractivity contribution is 7.10. The molecule has 0 aliphatic carbocycles. The summed E-state index contributed by atoms with van der Waals surface area (Å²) in [6.45, 7) is 7.75. The molecule has 1 aromatic rings. The first-order valence-corrected chi connectivity index (χ1v) is 6.58. The average Bonchev–Trinajstić information content (AvgIpc) is 2.58. The predicted octanol–water partition coefficient (Wildman–Crippen LogP) is 2.62. The van der Waals surface area contributed by atoms with Crippen LogP contribution >= 0.6 is 11.3 Å². The summed E-state index contributed by atoms with van der Waals surface area (Å²) in [5.41, 5.74) is 2.71. The summed E-state index contributed by atoms with van der Waals surface area (Å²) in [4.78, 5) is 12.6. The first-order chi connectivity index (χ1) is 7.65. The van der Waals surface area contributed by atoms with Gasteiger partial charge in [0.25, 0.3) is 0 Å². The fraction of sp³-hybridized carbons (Fsp3) is 0.583. The van der Waals surface area contributed by atoms with Gasteiger partial charge in [-0.05, 0) is 43.2 Å². The van der Waals surface area contributed by atoms with Gasteiger partial charge in [-0.15, -0.1) is 11.3 Å². The number of thiophene rings is 1. The Balaban J connectivity index is 2.25. The molecule has 2 N–H and O–H groups in total. The lowest BCUT2D eigenvalue weighted by Gasteiger charge is -2.06. The van der Waals surface area contributed by atoms with Gasteiger partial charge in [-0.1, -0.05) is 6.92 Å². The van der Waals surface area contributed by atoms with Crippen LogP contribution in [-0.4, -0.2) is 19.1 Å². The van der Waals surface area contributed by atoms with Crippen LogP contribution < -0.4 is 10.6 Å². The second kappa shape index (κ2) is 6.53. The van der Waals surface area contributed by atoms with Gasteiger partial charge < -0.3 is 10.6 Å². The zero-order chi connectivity index (χ0) is 12.0. The van der Waals surface area contributed by atoms with E-state index in [0.717, 1.165) is 19.4 Å². The summed E-state index contributed by atoms with van der Waals surface area (Å²) in [5.74, 6) is 0. The summed E-state index contributed by atoms with van der Waals surface area (Å²) >= 11 is 1.78. The topological polar surface area (TPSA) is 41.1 Å². The van der Waals surface area contributed by atoms with Gasteiger partial charge in [-0.2, -0.15) is 0 Å². The number of amides is 2. The molecule has 0 aromatic carbocycles. The summed E-state index contributed by atoms with van der Waals surface area (Å²) in [7, 11) is 0. The Labute approximate surface area is 101 Å².